The zero-order valence-corrected chi connectivity index (χ0v) is 14.0. The second kappa shape index (κ2) is 7.23. The molecule has 0 spiro atoms. The Kier molecular flexibility index (Phi) is 4.86. The summed E-state index contributed by atoms with van der Waals surface area (Å²) < 4.78 is 0. The van der Waals surface area contributed by atoms with Gasteiger partial charge in [0.25, 0.3) is 0 Å². The van der Waals surface area contributed by atoms with Crippen molar-refractivity contribution in [2.24, 2.45) is 5.10 Å². The van der Waals surface area contributed by atoms with Crippen LogP contribution in [0.3, 0.4) is 0 Å². The SMILES string of the molecule is Cc1sc(N/N=C/C2=CCCC=C2C(=O)O)nc1-c1ccccc1. The monoisotopic (exact) mass is 339 g/mol. The summed E-state index contributed by atoms with van der Waals surface area (Å²) in [6.07, 6.45) is 6.73. The molecule has 0 saturated heterocycles. The van der Waals surface area contributed by atoms with Gasteiger partial charge in [0.05, 0.1) is 17.5 Å². The van der Waals surface area contributed by atoms with Gasteiger partial charge in [-0.2, -0.15) is 5.10 Å². The number of nitrogens with zero attached hydrogens (tertiary/aromatic N) is 2. The molecule has 1 heterocycles. The number of aryl methyl sites for hydroxylation is 1. The number of hydrazone groups is 1. The van der Waals surface area contributed by atoms with Crippen LogP contribution in [-0.2, 0) is 4.79 Å². The fraction of sp³-hybridized carbons (Fsp3) is 0.167. The Morgan fingerprint density at radius 3 is 2.79 bits per heavy atom. The van der Waals surface area contributed by atoms with Crippen LogP contribution < -0.4 is 5.43 Å². The van der Waals surface area contributed by atoms with Crippen molar-refractivity contribution in [3.8, 4) is 11.3 Å². The van der Waals surface area contributed by atoms with Gasteiger partial charge < -0.3 is 5.11 Å². The lowest BCUT2D eigenvalue weighted by Gasteiger charge is -2.08. The maximum atomic E-state index is 11.2. The summed E-state index contributed by atoms with van der Waals surface area (Å²) in [5, 5.41) is 14.0. The minimum atomic E-state index is -0.927. The number of carbonyl (C=O) groups is 1. The van der Waals surface area contributed by atoms with Gasteiger partial charge >= 0.3 is 5.97 Å². The number of nitrogens with one attached hydrogen (secondary N) is 1. The molecule has 1 aliphatic carbocycles. The molecular formula is C18H17N3O2S. The number of thiazole rings is 1. The Morgan fingerprint density at radius 1 is 1.29 bits per heavy atom. The molecule has 2 aromatic rings. The molecular weight excluding hydrogens is 322 g/mol. The minimum Gasteiger partial charge on any atom is -0.478 e. The van der Waals surface area contributed by atoms with E-state index in [0.717, 1.165) is 29.0 Å². The van der Waals surface area contributed by atoms with Crippen LogP contribution in [0.5, 0.6) is 0 Å². The molecule has 0 atom stereocenters. The Balaban J connectivity index is 1.73. The molecule has 0 radical (unpaired) electrons. The van der Waals surface area contributed by atoms with E-state index in [1.165, 1.54) is 17.6 Å². The van der Waals surface area contributed by atoms with Crippen LogP contribution >= 0.6 is 11.3 Å². The molecule has 0 fully saturated rings. The second-order valence-electron chi connectivity index (χ2n) is 5.32. The lowest BCUT2D eigenvalue weighted by Crippen LogP contribution is -2.08. The standard InChI is InChI=1S/C18H17N3O2S/c1-12-16(13-7-3-2-4-8-13)20-18(24-12)21-19-11-14-9-5-6-10-15(14)17(22)23/h2-4,7-11H,5-6H2,1H3,(H,20,21)(H,22,23)/b19-11+. The number of aliphatic carboxylic acids is 1. The first-order valence-corrected chi connectivity index (χ1v) is 8.42. The van der Waals surface area contributed by atoms with E-state index in [4.69, 9.17) is 0 Å². The van der Waals surface area contributed by atoms with Crippen molar-refractivity contribution >= 4 is 28.7 Å². The summed E-state index contributed by atoms with van der Waals surface area (Å²) in [5.41, 5.74) is 5.82. The first kappa shape index (κ1) is 16.1. The van der Waals surface area contributed by atoms with Crippen LogP contribution in [0, 0.1) is 6.92 Å². The first-order chi connectivity index (χ1) is 11.6. The van der Waals surface area contributed by atoms with Crippen molar-refractivity contribution in [3.05, 3.63) is 58.5 Å². The largest absolute Gasteiger partial charge is 0.478 e. The highest BCUT2D eigenvalue weighted by molar-refractivity contribution is 7.15. The maximum Gasteiger partial charge on any atom is 0.336 e. The number of allylic oxidation sites excluding steroid dienone is 2. The number of aromatic nitrogens is 1. The molecule has 1 aromatic carbocycles. The molecule has 0 saturated carbocycles. The summed E-state index contributed by atoms with van der Waals surface area (Å²) in [5.74, 6) is -0.927. The zero-order chi connectivity index (χ0) is 16.9. The van der Waals surface area contributed by atoms with Crippen LogP contribution in [0.1, 0.15) is 17.7 Å². The summed E-state index contributed by atoms with van der Waals surface area (Å²) in [6, 6.07) is 9.97. The maximum absolute atomic E-state index is 11.2. The molecule has 3 rings (SSSR count). The lowest BCUT2D eigenvalue weighted by atomic mass is 9.99. The van der Waals surface area contributed by atoms with Crippen LogP contribution in [0.4, 0.5) is 5.13 Å². The van der Waals surface area contributed by atoms with Gasteiger partial charge in [-0.05, 0) is 19.8 Å². The fourth-order valence-corrected chi connectivity index (χ4v) is 3.28. The molecule has 1 aliphatic rings. The Hall–Kier alpha value is -2.73. The zero-order valence-electron chi connectivity index (χ0n) is 13.2. The van der Waals surface area contributed by atoms with Gasteiger partial charge in [-0.3, -0.25) is 5.43 Å². The van der Waals surface area contributed by atoms with Gasteiger partial charge in [0.2, 0.25) is 5.13 Å². The summed E-state index contributed by atoms with van der Waals surface area (Å²) in [7, 11) is 0. The van der Waals surface area contributed by atoms with Crippen molar-refractivity contribution in [2.45, 2.75) is 19.8 Å². The third-order valence-electron chi connectivity index (χ3n) is 3.63. The van der Waals surface area contributed by atoms with E-state index in [1.807, 2.05) is 43.3 Å². The number of hydrogen-bond acceptors (Lipinski definition) is 5. The quantitative estimate of drug-likeness (QED) is 0.631. The van der Waals surface area contributed by atoms with Gasteiger partial charge in [0.1, 0.15) is 0 Å². The predicted octanol–water partition coefficient (Wildman–Crippen LogP) is 4.25. The Bertz CT molecular complexity index is 835. The average Bonchev–Trinajstić information content (AvgIpc) is 2.97. The third kappa shape index (κ3) is 3.60. The van der Waals surface area contributed by atoms with Crippen molar-refractivity contribution in [1.29, 1.82) is 0 Å². The molecule has 0 bridgehead atoms. The molecule has 0 unspecified atom stereocenters. The Labute approximate surface area is 144 Å². The van der Waals surface area contributed by atoms with Gasteiger partial charge in [-0.1, -0.05) is 42.5 Å². The third-order valence-corrected chi connectivity index (χ3v) is 4.50. The summed E-state index contributed by atoms with van der Waals surface area (Å²) in [4.78, 5) is 16.9. The first-order valence-electron chi connectivity index (χ1n) is 7.61. The molecule has 122 valence electrons. The molecule has 5 nitrogen and oxygen atoms in total. The normalized spacial score (nSPS) is 14.4. The van der Waals surface area contributed by atoms with E-state index in [9.17, 15) is 9.90 Å². The summed E-state index contributed by atoms with van der Waals surface area (Å²) in [6.45, 7) is 2.02. The molecule has 0 amide bonds. The number of carboxylic acids is 1. The van der Waals surface area contributed by atoms with E-state index < -0.39 is 5.97 Å². The predicted molar refractivity (Wildman–Crippen MR) is 97.4 cm³/mol. The van der Waals surface area contributed by atoms with Gasteiger partial charge in [0.15, 0.2) is 0 Å². The second-order valence-corrected chi connectivity index (χ2v) is 6.52. The fourth-order valence-electron chi connectivity index (χ4n) is 2.49. The van der Waals surface area contributed by atoms with E-state index in [1.54, 1.807) is 6.08 Å². The average molecular weight is 339 g/mol. The number of hydrogen-bond donors (Lipinski definition) is 2. The molecule has 1 aromatic heterocycles. The van der Waals surface area contributed by atoms with Crippen LogP contribution in [0.2, 0.25) is 0 Å². The summed E-state index contributed by atoms with van der Waals surface area (Å²) >= 11 is 1.52. The molecule has 2 N–H and O–H groups in total. The molecule has 0 aliphatic heterocycles. The highest BCUT2D eigenvalue weighted by Gasteiger charge is 2.14. The minimum absolute atomic E-state index is 0.298. The van der Waals surface area contributed by atoms with Gasteiger partial charge in [-0.25, -0.2) is 9.78 Å². The lowest BCUT2D eigenvalue weighted by molar-refractivity contribution is -0.132. The number of rotatable bonds is 5. The van der Waals surface area contributed by atoms with Crippen molar-refractivity contribution in [1.82, 2.24) is 4.98 Å². The van der Waals surface area contributed by atoms with Crippen molar-refractivity contribution in [2.75, 3.05) is 5.43 Å². The highest BCUT2D eigenvalue weighted by atomic mass is 32.1. The van der Waals surface area contributed by atoms with Gasteiger partial charge in [0, 0.05) is 16.0 Å². The van der Waals surface area contributed by atoms with E-state index in [2.05, 4.69) is 15.5 Å². The van der Waals surface area contributed by atoms with Crippen molar-refractivity contribution < 1.29 is 9.90 Å². The molecule has 24 heavy (non-hydrogen) atoms. The van der Waals surface area contributed by atoms with Gasteiger partial charge in [-0.15, -0.1) is 11.3 Å². The van der Waals surface area contributed by atoms with Crippen LogP contribution in [0.15, 0.2) is 58.7 Å². The van der Waals surface area contributed by atoms with E-state index in [0.29, 0.717) is 16.3 Å². The highest BCUT2D eigenvalue weighted by Crippen LogP contribution is 2.30. The van der Waals surface area contributed by atoms with E-state index in [-0.39, 0.29) is 0 Å². The smallest absolute Gasteiger partial charge is 0.336 e. The molecule has 6 heteroatoms. The number of carboxylic acid groups (broad SMARTS) is 1. The van der Waals surface area contributed by atoms with Crippen molar-refractivity contribution in [3.63, 3.8) is 0 Å². The van der Waals surface area contributed by atoms with E-state index >= 15 is 0 Å². The number of anilines is 1. The van der Waals surface area contributed by atoms with Crippen LogP contribution in [-0.4, -0.2) is 22.3 Å². The van der Waals surface area contributed by atoms with Crippen LogP contribution in [0.25, 0.3) is 11.3 Å². The number of benzene rings is 1. The Morgan fingerprint density at radius 2 is 2.04 bits per heavy atom. The topological polar surface area (TPSA) is 74.6 Å².